The van der Waals surface area contributed by atoms with Crippen molar-refractivity contribution in [3.8, 4) is 0 Å². The summed E-state index contributed by atoms with van der Waals surface area (Å²) in [7, 11) is 0. The van der Waals surface area contributed by atoms with Gasteiger partial charge in [-0.15, -0.1) is 0 Å². The summed E-state index contributed by atoms with van der Waals surface area (Å²) >= 11 is 6.02. The van der Waals surface area contributed by atoms with Crippen molar-refractivity contribution >= 4 is 39.4 Å². The van der Waals surface area contributed by atoms with E-state index in [1.165, 1.54) is 0 Å². The number of nitrogens with two attached hydrogens (primary N) is 1. The zero-order valence-corrected chi connectivity index (χ0v) is 10.9. The average molecular weight is 270 g/mol. The minimum atomic E-state index is 0.548. The van der Waals surface area contributed by atoms with Gasteiger partial charge in [0.15, 0.2) is 0 Å². The van der Waals surface area contributed by atoms with Crippen molar-refractivity contribution < 1.29 is 0 Å². The molecule has 2 aromatic carbocycles. The van der Waals surface area contributed by atoms with E-state index in [0.29, 0.717) is 10.7 Å². The number of rotatable bonds is 2. The lowest BCUT2D eigenvalue weighted by Crippen LogP contribution is -1.97. The highest BCUT2D eigenvalue weighted by Gasteiger charge is 2.05. The molecule has 3 nitrogen and oxygen atoms in total. The van der Waals surface area contributed by atoms with Gasteiger partial charge in [0.05, 0.1) is 16.4 Å². The number of nitrogens with zero attached hydrogens (tertiary/aromatic N) is 1. The summed E-state index contributed by atoms with van der Waals surface area (Å²) in [5, 5.41) is 6.04. The van der Waals surface area contributed by atoms with Gasteiger partial charge in [0.2, 0.25) is 0 Å². The number of pyridine rings is 1. The highest BCUT2D eigenvalue weighted by molar-refractivity contribution is 6.33. The van der Waals surface area contributed by atoms with E-state index in [0.717, 1.165) is 22.1 Å². The summed E-state index contributed by atoms with van der Waals surface area (Å²) in [6, 6.07) is 13.5. The van der Waals surface area contributed by atoms with E-state index in [1.54, 1.807) is 12.3 Å². The second-order valence-electron chi connectivity index (χ2n) is 4.23. The summed E-state index contributed by atoms with van der Waals surface area (Å²) < 4.78 is 0. The summed E-state index contributed by atoms with van der Waals surface area (Å²) in [4.78, 5) is 4.12. The van der Waals surface area contributed by atoms with Crippen molar-refractivity contribution in [2.75, 3.05) is 11.1 Å². The third kappa shape index (κ3) is 2.20. The van der Waals surface area contributed by atoms with E-state index in [9.17, 15) is 0 Å². The van der Waals surface area contributed by atoms with Gasteiger partial charge in [-0.1, -0.05) is 29.8 Å². The van der Waals surface area contributed by atoms with Gasteiger partial charge in [-0.2, -0.15) is 0 Å². The minimum Gasteiger partial charge on any atom is -0.396 e. The molecule has 0 aliphatic rings. The first kappa shape index (κ1) is 11.8. The van der Waals surface area contributed by atoms with Gasteiger partial charge in [0.1, 0.15) is 0 Å². The van der Waals surface area contributed by atoms with Crippen molar-refractivity contribution in [3.05, 3.63) is 59.9 Å². The smallest absolute Gasteiger partial charge is 0.0742 e. The van der Waals surface area contributed by atoms with Crippen LogP contribution in [0.1, 0.15) is 0 Å². The highest BCUT2D eigenvalue weighted by Crippen LogP contribution is 2.32. The molecule has 1 heterocycles. The van der Waals surface area contributed by atoms with E-state index >= 15 is 0 Å². The third-order valence-electron chi connectivity index (χ3n) is 3.00. The highest BCUT2D eigenvalue weighted by atomic mass is 35.5. The van der Waals surface area contributed by atoms with Crippen LogP contribution < -0.4 is 11.1 Å². The van der Waals surface area contributed by atoms with E-state index in [1.807, 2.05) is 42.6 Å². The number of hydrogen-bond donors (Lipinski definition) is 2. The molecule has 0 saturated heterocycles. The number of aromatic nitrogens is 1. The maximum Gasteiger partial charge on any atom is 0.0742 e. The quantitative estimate of drug-likeness (QED) is 0.685. The van der Waals surface area contributed by atoms with Crippen molar-refractivity contribution in [2.24, 2.45) is 0 Å². The van der Waals surface area contributed by atoms with Crippen LogP contribution in [0.4, 0.5) is 17.1 Å². The molecule has 3 N–H and O–H groups in total. The molecule has 0 atom stereocenters. The molecule has 0 saturated carbocycles. The van der Waals surface area contributed by atoms with Crippen molar-refractivity contribution in [1.29, 1.82) is 0 Å². The molecule has 0 unspecified atom stereocenters. The zero-order valence-electron chi connectivity index (χ0n) is 10.1. The Morgan fingerprint density at radius 1 is 1.00 bits per heavy atom. The van der Waals surface area contributed by atoms with E-state index in [-0.39, 0.29) is 0 Å². The van der Waals surface area contributed by atoms with Crippen LogP contribution in [0, 0.1) is 0 Å². The van der Waals surface area contributed by atoms with Crippen molar-refractivity contribution in [3.63, 3.8) is 0 Å². The fourth-order valence-electron chi connectivity index (χ4n) is 2.02. The Bertz CT molecular complexity index is 735. The molecule has 3 aromatic rings. The molecule has 0 aliphatic heterocycles. The standard InChI is InChI=1S/C15H12ClN3/c16-12-4-2-6-14(15(12)17)19-13-5-1-3-10-9-18-8-7-11(10)13/h1-9,19H,17H2. The van der Waals surface area contributed by atoms with Gasteiger partial charge < -0.3 is 11.1 Å². The molecule has 0 spiro atoms. The summed E-state index contributed by atoms with van der Waals surface area (Å²) in [5.74, 6) is 0. The van der Waals surface area contributed by atoms with Crippen LogP contribution in [0.15, 0.2) is 54.9 Å². The van der Waals surface area contributed by atoms with Crippen molar-refractivity contribution in [2.45, 2.75) is 0 Å². The summed E-state index contributed by atoms with van der Waals surface area (Å²) in [6.45, 7) is 0. The Morgan fingerprint density at radius 2 is 1.79 bits per heavy atom. The number of anilines is 3. The molecule has 4 heteroatoms. The summed E-state index contributed by atoms with van der Waals surface area (Å²) in [5.41, 5.74) is 8.30. The number of fused-ring (bicyclic) bond motifs is 1. The molecule has 0 radical (unpaired) electrons. The number of para-hydroxylation sites is 1. The second kappa shape index (κ2) is 4.78. The Labute approximate surface area is 116 Å². The van der Waals surface area contributed by atoms with Crippen LogP contribution in [-0.4, -0.2) is 4.98 Å². The molecule has 3 rings (SSSR count). The zero-order chi connectivity index (χ0) is 13.2. The SMILES string of the molecule is Nc1c(Cl)cccc1Nc1cccc2cnccc12. The number of nitrogens with one attached hydrogen (secondary N) is 1. The topological polar surface area (TPSA) is 50.9 Å². The molecular formula is C15H12ClN3. The second-order valence-corrected chi connectivity index (χ2v) is 4.64. The number of nitrogen functional groups attached to an aromatic ring is 1. The van der Waals surface area contributed by atoms with Crippen LogP contribution >= 0.6 is 11.6 Å². The van der Waals surface area contributed by atoms with Crippen LogP contribution in [0.5, 0.6) is 0 Å². The maximum atomic E-state index is 6.02. The normalized spacial score (nSPS) is 10.6. The molecule has 0 amide bonds. The Balaban J connectivity index is 2.09. The van der Waals surface area contributed by atoms with E-state index < -0.39 is 0 Å². The first-order valence-electron chi connectivity index (χ1n) is 5.89. The van der Waals surface area contributed by atoms with Gasteiger partial charge in [0.25, 0.3) is 0 Å². The van der Waals surface area contributed by atoms with Crippen LogP contribution in [0.25, 0.3) is 10.8 Å². The third-order valence-corrected chi connectivity index (χ3v) is 3.33. The van der Waals surface area contributed by atoms with Crippen molar-refractivity contribution in [1.82, 2.24) is 4.98 Å². The van der Waals surface area contributed by atoms with Gasteiger partial charge in [-0.25, -0.2) is 0 Å². The van der Waals surface area contributed by atoms with Crippen LogP contribution in [-0.2, 0) is 0 Å². The molecule has 0 bridgehead atoms. The predicted octanol–water partition coefficient (Wildman–Crippen LogP) is 4.21. The maximum absolute atomic E-state index is 6.02. The lowest BCUT2D eigenvalue weighted by atomic mass is 10.1. The summed E-state index contributed by atoms with van der Waals surface area (Å²) in [6.07, 6.45) is 3.61. The van der Waals surface area contributed by atoms with Crippen LogP contribution in [0.3, 0.4) is 0 Å². The minimum absolute atomic E-state index is 0.548. The lowest BCUT2D eigenvalue weighted by Gasteiger charge is -2.12. The fraction of sp³-hybridized carbons (Fsp3) is 0. The van der Waals surface area contributed by atoms with Gasteiger partial charge >= 0.3 is 0 Å². The van der Waals surface area contributed by atoms with Crippen LogP contribution in [0.2, 0.25) is 5.02 Å². The molecular weight excluding hydrogens is 258 g/mol. The van der Waals surface area contributed by atoms with E-state index in [2.05, 4.69) is 10.3 Å². The molecule has 0 aliphatic carbocycles. The average Bonchev–Trinajstić information content (AvgIpc) is 2.44. The number of halogens is 1. The predicted molar refractivity (Wildman–Crippen MR) is 80.9 cm³/mol. The largest absolute Gasteiger partial charge is 0.396 e. The Morgan fingerprint density at radius 3 is 2.68 bits per heavy atom. The van der Waals surface area contributed by atoms with Gasteiger partial charge in [-0.05, 0) is 24.3 Å². The first-order chi connectivity index (χ1) is 9.25. The van der Waals surface area contributed by atoms with E-state index in [4.69, 9.17) is 17.3 Å². The number of benzene rings is 2. The molecule has 0 fully saturated rings. The Hall–Kier alpha value is -2.26. The first-order valence-corrected chi connectivity index (χ1v) is 6.27. The van der Waals surface area contributed by atoms with Gasteiger partial charge in [0, 0.05) is 28.9 Å². The van der Waals surface area contributed by atoms with Gasteiger partial charge in [-0.3, -0.25) is 4.98 Å². The Kier molecular flexibility index (Phi) is 2.97. The molecule has 19 heavy (non-hydrogen) atoms. The monoisotopic (exact) mass is 269 g/mol. The lowest BCUT2D eigenvalue weighted by molar-refractivity contribution is 1.36. The number of hydrogen-bond acceptors (Lipinski definition) is 3. The molecule has 94 valence electrons. The fourth-order valence-corrected chi connectivity index (χ4v) is 2.20. The molecule has 1 aromatic heterocycles.